The van der Waals surface area contributed by atoms with Crippen LogP contribution in [-0.2, 0) is 13.0 Å². The molecule has 0 atom stereocenters. The number of H-pyrrole nitrogens is 1. The number of benzene rings is 1. The van der Waals surface area contributed by atoms with Gasteiger partial charge in [0.1, 0.15) is 0 Å². The van der Waals surface area contributed by atoms with Crippen molar-refractivity contribution < 1.29 is 0 Å². The molecule has 0 amide bonds. The summed E-state index contributed by atoms with van der Waals surface area (Å²) in [6.07, 6.45) is 1.89. The third-order valence-corrected chi connectivity index (χ3v) is 4.46. The maximum atomic E-state index is 12.3. The van der Waals surface area contributed by atoms with Crippen molar-refractivity contribution in [1.82, 2.24) is 14.8 Å². The summed E-state index contributed by atoms with van der Waals surface area (Å²) in [6.45, 7) is 3.89. The van der Waals surface area contributed by atoms with E-state index in [4.69, 9.17) is 0 Å². The monoisotopic (exact) mass is 314 g/mol. The highest BCUT2D eigenvalue weighted by atomic mass is 16.1. The van der Waals surface area contributed by atoms with Gasteiger partial charge in [-0.2, -0.15) is 0 Å². The summed E-state index contributed by atoms with van der Waals surface area (Å²) < 4.78 is 0. The molecule has 2 N–H and O–H groups in total. The molecular weight excluding hydrogens is 288 g/mol. The molecule has 1 aromatic carbocycles. The molecule has 0 aliphatic carbocycles. The lowest BCUT2D eigenvalue weighted by molar-refractivity contribution is 0.276. The Morgan fingerprint density at radius 2 is 2.00 bits per heavy atom. The number of anilines is 1. The second-order valence-corrected chi connectivity index (χ2v) is 6.76. The van der Waals surface area contributed by atoms with E-state index in [1.165, 1.54) is 5.56 Å². The molecule has 1 aliphatic heterocycles. The number of aromatic nitrogens is 1. The molecule has 1 aromatic heterocycles. The van der Waals surface area contributed by atoms with Crippen LogP contribution in [0.4, 0.5) is 5.69 Å². The number of nitrogens with one attached hydrogen (secondary N) is 2. The van der Waals surface area contributed by atoms with Crippen LogP contribution in [-0.4, -0.2) is 55.6 Å². The van der Waals surface area contributed by atoms with Crippen molar-refractivity contribution in [3.8, 4) is 0 Å². The van der Waals surface area contributed by atoms with E-state index in [1.807, 2.05) is 0 Å². The SMILES string of the molecule is CN(C)CCN(C)Cc1ccc2c3c(c(=O)[nH]c2c1)CCCN3. The predicted octanol–water partition coefficient (Wildman–Crippen LogP) is 1.88. The summed E-state index contributed by atoms with van der Waals surface area (Å²) >= 11 is 0. The summed E-state index contributed by atoms with van der Waals surface area (Å²) in [5.41, 5.74) is 4.15. The molecule has 124 valence electrons. The van der Waals surface area contributed by atoms with E-state index in [2.05, 4.69) is 59.4 Å². The van der Waals surface area contributed by atoms with Gasteiger partial charge in [0.2, 0.25) is 0 Å². The van der Waals surface area contributed by atoms with E-state index in [1.54, 1.807) is 0 Å². The topological polar surface area (TPSA) is 51.4 Å². The first-order valence-electron chi connectivity index (χ1n) is 8.29. The third kappa shape index (κ3) is 3.57. The van der Waals surface area contributed by atoms with Gasteiger partial charge in [-0.3, -0.25) is 4.79 Å². The van der Waals surface area contributed by atoms with Crippen molar-refractivity contribution in [1.29, 1.82) is 0 Å². The van der Waals surface area contributed by atoms with Gasteiger partial charge in [0.15, 0.2) is 0 Å². The summed E-state index contributed by atoms with van der Waals surface area (Å²) in [7, 11) is 6.31. The third-order valence-electron chi connectivity index (χ3n) is 4.46. The second kappa shape index (κ2) is 6.72. The van der Waals surface area contributed by atoms with Crippen LogP contribution < -0.4 is 10.9 Å². The number of hydrogen-bond donors (Lipinski definition) is 2. The van der Waals surface area contributed by atoms with Crippen molar-refractivity contribution in [2.75, 3.05) is 46.1 Å². The van der Waals surface area contributed by atoms with E-state index >= 15 is 0 Å². The van der Waals surface area contributed by atoms with Crippen LogP contribution in [0, 0.1) is 0 Å². The fourth-order valence-corrected chi connectivity index (χ4v) is 3.17. The van der Waals surface area contributed by atoms with Gasteiger partial charge in [-0.25, -0.2) is 0 Å². The van der Waals surface area contributed by atoms with Crippen molar-refractivity contribution in [2.45, 2.75) is 19.4 Å². The van der Waals surface area contributed by atoms with Gasteiger partial charge in [0.05, 0.1) is 11.2 Å². The van der Waals surface area contributed by atoms with E-state index < -0.39 is 0 Å². The molecular formula is C18H26N4O. The average Bonchev–Trinajstić information content (AvgIpc) is 2.53. The Labute approximate surface area is 137 Å². The zero-order valence-electron chi connectivity index (χ0n) is 14.3. The van der Waals surface area contributed by atoms with Gasteiger partial charge in [0, 0.05) is 37.1 Å². The average molecular weight is 314 g/mol. The first-order valence-corrected chi connectivity index (χ1v) is 8.29. The lowest BCUT2D eigenvalue weighted by atomic mass is 10.0. The quantitative estimate of drug-likeness (QED) is 0.885. The Hall–Kier alpha value is -1.85. The van der Waals surface area contributed by atoms with Gasteiger partial charge in [-0.05, 0) is 45.6 Å². The Morgan fingerprint density at radius 1 is 1.17 bits per heavy atom. The number of fused-ring (bicyclic) bond motifs is 3. The van der Waals surface area contributed by atoms with E-state index in [-0.39, 0.29) is 5.56 Å². The highest BCUT2D eigenvalue weighted by Gasteiger charge is 2.16. The van der Waals surface area contributed by atoms with E-state index in [9.17, 15) is 4.79 Å². The van der Waals surface area contributed by atoms with Gasteiger partial charge >= 0.3 is 0 Å². The summed E-state index contributed by atoms with van der Waals surface area (Å²) in [4.78, 5) is 19.8. The summed E-state index contributed by atoms with van der Waals surface area (Å²) in [5.74, 6) is 0. The minimum atomic E-state index is 0.0535. The first kappa shape index (κ1) is 16.0. The minimum absolute atomic E-state index is 0.0535. The Kier molecular flexibility index (Phi) is 4.68. The van der Waals surface area contributed by atoms with E-state index in [0.29, 0.717) is 0 Å². The maximum Gasteiger partial charge on any atom is 0.253 e. The van der Waals surface area contributed by atoms with Gasteiger partial charge in [0.25, 0.3) is 5.56 Å². The number of aromatic amines is 1. The lowest BCUT2D eigenvalue weighted by Gasteiger charge is -2.21. The largest absolute Gasteiger partial charge is 0.384 e. The van der Waals surface area contributed by atoms with Crippen molar-refractivity contribution in [2.24, 2.45) is 0 Å². The highest BCUT2D eigenvalue weighted by Crippen LogP contribution is 2.28. The van der Waals surface area contributed by atoms with Crippen molar-refractivity contribution in [3.05, 3.63) is 39.7 Å². The molecule has 0 unspecified atom stereocenters. The van der Waals surface area contributed by atoms with Crippen LogP contribution >= 0.6 is 0 Å². The Bertz CT molecular complexity index is 751. The molecule has 1 aliphatic rings. The first-order chi connectivity index (χ1) is 11.0. The van der Waals surface area contributed by atoms with Crippen LogP contribution in [0.2, 0.25) is 0 Å². The van der Waals surface area contributed by atoms with Crippen LogP contribution in [0.3, 0.4) is 0 Å². The fraction of sp³-hybridized carbons (Fsp3) is 0.500. The zero-order chi connectivity index (χ0) is 16.4. The van der Waals surface area contributed by atoms with Crippen molar-refractivity contribution in [3.63, 3.8) is 0 Å². The molecule has 5 heteroatoms. The number of hydrogen-bond acceptors (Lipinski definition) is 4. The smallest absolute Gasteiger partial charge is 0.253 e. The van der Waals surface area contributed by atoms with E-state index in [0.717, 1.165) is 61.2 Å². The maximum absolute atomic E-state index is 12.3. The molecule has 0 saturated heterocycles. The highest BCUT2D eigenvalue weighted by molar-refractivity contribution is 5.93. The normalized spacial score (nSPS) is 14.3. The molecule has 0 bridgehead atoms. The zero-order valence-corrected chi connectivity index (χ0v) is 14.3. The fourth-order valence-electron chi connectivity index (χ4n) is 3.17. The molecule has 0 spiro atoms. The summed E-state index contributed by atoms with van der Waals surface area (Å²) in [5, 5.41) is 4.53. The Balaban J connectivity index is 1.86. The number of pyridine rings is 1. The molecule has 0 saturated carbocycles. The van der Waals surface area contributed by atoms with Crippen LogP contribution in [0.25, 0.3) is 10.9 Å². The minimum Gasteiger partial charge on any atom is -0.384 e. The molecule has 0 fully saturated rings. The number of nitrogens with zero attached hydrogens (tertiary/aromatic N) is 2. The molecule has 23 heavy (non-hydrogen) atoms. The summed E-state index contributed by atoms with van der Waals surface area (Å²) in [6, 6.07) is 6.42. The molecule has 3 rings (SSSR count). The van der Waals surface area contributed by atoms with Gasteiger partial charge < -0.3 is 20.1 Å². The van der Waals surface area contributed by atoms with Crippen LogP contribution in [0.5, 0.6) is 0 Å². The second-order valence-electron chi connectivity index (χ2n) is 6.76. The van der Waals surface area contributed by atoms with Crippen LogP contribution in [0.15, 0.2) is 23.0 Å². The lowest BCUT2D eigenvalue weighted by Crippen LogP contribution is -2.28. The number of rotatable bonds is 5. The van der Waals surface area contributed by atoms with Crippen molar-refractivity contribution >= 4 is 16.6 Å². The molecule has 5 nitrogen and oxygen atoms in total. The van der Waals surface area contributed by atoms with Crippen LogP contribution in [0.1, 0.15) is 17.5 Å². The van der Waals surface area contributed by atoms with Gasteiger partial charge in [-0.1, -0.05) is 12.1 Å². The predicted molar refractivity (Wildman–Crippen MR) is 96.3 cm³/mol. The Morgan fingerprint density at radius 3 is 2.78 bits per heavy atom. The molecule has 0 radical (unpaired) electrons. The van der Waals surface area contributed by atoms with Gasteiger partial charge in [-0.15, -0.1) is 0 Å². The molecule has 2 aromatic rings. The molecule has 2 heterocycles. The number of likely N-dealkylation sites (N-methyl/N-ethyl adjacent to an activating group) is 2. The standard InChI is InChI=1S/C18H26N4O/c1-21(2)9-10-22(3)12-13-6-7-14-16(11-13)20-18(23)15-5-4-8-19-17(14)15/h6-7,11,19H,4-5,8-10,12H2,1-3H3,(H,20,23).